The number of hydrogen-bond acceptors (Lipinski definition) is 6. The Labute approximate surface area is 187 Å². The van der Waals surface area contributed by atoms with Gasteiger partial charge in [0.25, 0.3) is 0 Å². The topological polar surface area (TPSA) is 64.0 Å². The molecule has 2 atom stereocenters. The van der Waals surface area contributed by atoms with Gasteiger partial charge in [0.1, 0.15) is 0 Å². The quantitative estimate of drug-likeness (QED) is 0.582. The molecule has 2 unspecified atom stereocenters. The van der Waals surface area contributed by atoms with Crippen LogP contribution in [0.5, 0.6) is 23.0 Å². The Morgan fingerprint density at radius 1 is 0.969 bits per heavy atom. The lowest BCUT2D eigenvalue weighted by Gasteiger charge is -2.40. The molecule has 5 rings (SSSR count). The van der Waals surface area contributed by atoms with Gasteiger partial charge in [-0.05, 0) is 46.5 Å². The van der Waals surface area contributed by atoms with Crippen molar-refractivity contribution >= 4 is 0 Å². The Kier molecular flexibility index (Phi) is 5.34. The molecule has 0 fully saturated rings. The van der Waals surface area contributed by atoms with Crippen molar-refractivity contribution in [3.05, 3.63) is 82.9 Å². The molecule has 3 aromatic carbocycles. The maximum absolute atomic E-state index is 10.3. The third-order valence-electron chi connectivity index (χ3n) is 6.17. The average molecular weight is 428 g/mol. The van der Waals surface area contributed by atoms with Crippen LogP contribution in [0.1, 0.15) is 34.2 Å². The summed E-state index contributed by atoms with van der Waals surface area (Å²) in [5.41, 5.74) is 4.26. The van der Waals surface area contributed by atoms with Crippen LogP contribution in [-0.4, -0.2) is 25.9 Å². The summed E-state index contributed by atoms with van der Waals surface area (Å²) in [4.78, 5) is 2.34. The van der Waals surface area contributed by atoms with Crippen molar-refractivity contribution < 1.29 is 18.9 Å². The average Bonchev–Trinajstić information content (AvgIpc) is 3.31. The number of benzene rings is 3. The summed E-state index contributed by atoms with van der Waals surface area (Å²) in [5, 5.41) is 10.3. The first-order valence-corrected chi connectivity index (χ1v) is 10.5. The predicted octanol–water partition coefficient (Wildman–Crippen LogP) is 4.80. The minimum Gasteiger partial charge on any atom is -0.493 e. The molecule has 2 aliphatic heterocycles. The maximum atomic E-state index is 10.3. The Morgan fingerprint density at radius 2 is 1.72 bits per heavy atom. The standard InChI is InChI=1S/C26H24N2O4/c1-29-23-11-19-15-28(14-17-6-4-3-5-7-17)26(21(13-27)20(19)12-24(23)30-2)18-8-9-22-25(10-18)32-16-31-22/h3-12,21,26H,14-16H2,1-2H3. The summed E-state index contributed by atoms with van der Waals surface area (Å²) in [6, 6.07) is 22.6. The van der Waals surface area contributed by atoms with E-state index in [1.54, 1.807) is 14.2 Å². The van der Waals surface area contributed by atoms with Crippen LogP contribution in [0.3, 0.4) is 0 Å². The highest BCUT2D eigenvalue weighted by atomic mass is 16.7. The third-order valence-corrected chi connectivity index (χ3v) is 6.17. The first-order chi connectivity index (χ1) is 15.7. The van der Waals surface area contributed by atoms with Gasteiger partial charge in [0.15, 0.2) is 23.0 Å². The summed E-state index contributed by atoms with van der Waals surface area (Å²) in [6.45, 7) is 1.62. The minimum atomic E-state index is -0.386. The van der Waals surface area contributed by atoms with Crippen molar-refractivity contribution in [1.29, 1.82) is 5.26 Å². The van der Waals surface area contributed by atoms with Crippen LogP contribution >= 0.6 is 0 Å². The smallest absolute Gasteiger partial charge is 0.231 e. The monoisotopic (exact) mass is 428 g/mol. The number of nitrogens with zero attached hydrogens (tertiary/aromatic N) is 2. The van der Waals surface area contributed by atoms with Crippen LogP contribution in [-0.2, 0) is 13.1 Å². The second-order valence-electron chi connectivity index (χ2n) is 7.96. The van der Waals surface area contributed by atoms with E-state index in [4.69, 9.17) is 18.9 Å². The van der Waals surface area contributed by atoms with Gasteiger partial charge < -0.3 is 18.9 Å². The molecule has 0 aliphatic carbocycles. The lowest BCUT2D eigenvalue weighted by atomic mass is 9.80. The van der Waals surface area contributed by atoms with Gasteiger partial charge in [0.2, 0.25) is 6.79 Å². The number of ether oxygens (including phenoxy) is 4. The largest absolute Gasteiger partial charge is 0.493 e. The first-order valence-electron chi connectivity index (χ1n) is 10.5. The maximum Gasteiger partial charge on any atom is 0.231 e. The lowest BCUT2D eigenvalue weighted by molar-refractivity contribution is 0.150. The molecule has 32 heavy (non-hydrogen) atoms. The molecule has 2 aliphatic rings. The zero-order valence-electron chi connectivity index (χ0n) is 18.1. The number of methoxy groups -OCH3 is 2. The molecule has 0 aromatic heterocycles. The van der Waals surface area contributed by atoms with E-state index in [0.717, 1.165) is 28.2 Å². The van der Waals surface area contributed by atoms with Crippen LogP contribution in [0.15, 0.2) is 60.7 Å². The Morgan fingerprint density at radius 3 is 2.47 bits per heavy atom. The summed E-state index contributed by atoms with van der Waals surface area (Å²) < 4.78 is 22.2. The molecule has 0 spiro atoms. The molecule has 6 heteroatoms. The highest BCUT2D eigenvalue weighted by Crippen LogP contribution is 2.47. The summed E-state index contributed by atoms with van der Waals surface area (Å²) in [6.07, 6.45) is 0. The zero-order valence-corrected chi connectivity index (χ0v) is 18.1. The second kappa shape index (κ2) is 8.45. The van der Waals surface area contributed by atoms with E-state index in [9.17, 15) is 5.26 Å². The van der Waals surface area contributed by atoms with Gasteiger partial charge in [-0.2, -0.15) is 5.26 Å². The lowest BCUT2D eigenvalue weighted by Crippen LogP contribution is -2.36. The molecule has 0 saturated heterocycles. The molecule has 0 N–H and O–H groups in total. The molecule has 0 amide bonds. The first kappa shape index (κ1) is 20.2. The van der Waals surface area contributed by atoms with Crippen LogP contribution < -0.4 is 18.9 Å². The van der Waals surface area contributed by atoms with E-state index in [0.29, 0.717) is 24.6 Å². The fourth-order valence-corrected chi connectivity index (χ4v) is 4.67. The van der Waals surface area contributed by atoms with E-state index in [1.165, 1.54) is 5.56 Å². The van der Waals surface area contributed by atoms with Crippen molar-refractivity contribution in [1.82, 2.24) is 4.90 Å². The van der Waals surface area contributed by atoms with Gasteiger partial charge >= 0.3 is 0 Å². The van der Waals surface area contributed by atoms with Gasteiger partial charge in [-0.3, -0.25) is 4.90 Å². The highest BCUT2D eigenvalue weighted by Gasteiger charge is 2.38. The van der Waals surface area contributed by atoms with Crippen molar-refractivity contribution in [2.45, 2.75) is 25.0 Å². The molecule has 2 heterocycles. The van der Waals surface area contributed by atoms with Gasteiger partial charge in [-0.15, -0.1) is 0 Å². The Bertz CT molecular complexity index is 1170. The van der Waals surface area contributed by atoms with E-state index in [-0.39, 0.29) is 18.8 Å². The molecule has 0 saturated carbocycles. The molecular formula is C26H24N2O4. The SMILES string of the molecule is COc1cc2c(cc1OC)C(C#N)C(c1ccc3c(c1)OCO3)N(Cc1ccccc1)C2. The van der Waals surface area contributed by atoms with Gasteiger partial charge in [0, 0.05) is 13.1 Å². The number of nitriles is 1. The second-order valence-corrected chi connectivity index (χ2v) is 7.96. The van der Waals surface area contributed by atoms with Crippen LogP contribution in [0.25, 0.3) is 0 Å². The molecule has 162 valence electrons. The third kappa shape index (κ3) is 3.51. The van der Waals surface area contributed by atoms with Crippen molar-refractivity contribution in [2.75, 3.05) is 21.0 Å². The summed E-state index contributed by atoms with van der Waals surface area (Å²) in [7, 11) is 3.25. The van der Waals surface area contributed by atoms with Gasteiger partial charge in [-0.25, -0.2) is 0 Å². The Balaban J connectivity index is 1.63. The highest BCUT2D eigenvalue weighted by molar-refractivity contribution is 5.53. The van der Waals surface area contributed by atoms with E-state index >= 15 is 0 Å². The molecule has 3 aromatic rings. The number of fused-ring (bicyclic) bond motifs is 2. The predicted molar refractivity (Wildman–Crippen MR) is 119 cm³/mol. The van der Waals surface area contributed by atoms with Gasteiger partial charge in [-0.1, -0.05) is 36.4 Å². The number of hydrogen-bond donors (Lipinski definition) is 0. The summed E-state index contributed by atoms with van der Waals surface area (Å²) in [5.74, 6) is 2.37. The van der Waals surface area contributed by atoms with E-state index < -0.39 is 0 Å². The zero-order chi connectivity index (χ0) is 22.1. The van der Waals surface area contributed by atoms with Crippen molar-refractivity contribution in [2.24, 2.45) is 0 Å². The number of rotatable bonds is 5. The molecular weight excluding hydrogens is 404 g/mol. The summed E-state index contributed by atoms with van der Waals surface area (Å²) >= 11 is 0. The fraction of sp³-hybridized carbons (Fsp3) is 0.269. The van der Waals surface area contributed by atoms with E-state index in [2.05, 4.69) is 23.1 Å². The van der Waals surface area contributed by atoms with Crippen LogP contribution in [0.4, 0.5) is 0 Å². The van der Waals surface area contributed by atoms with E-state index in [1.807, 2.05) is 48.5 Å². The fourth-order valence-electron chi connectivity index (χ4n) is 4.67. The van der Waals surface area contributed by atoms with Crippen molar-refractivity contribution in [3.63, 3.8) is 0 Å². The van der Waals surface area contributed by atoms with Crippen molar-refractivity contribution in [3.8, 4) is 29.1 Å². The normalized spacial score (nSPS) is 19.2. The molecule has 6 nitrogen and oxygen atoms in total. The minimum absolute atomic E-state index is 0.152. The molecule has 0 radical (unpaired) electrons. The Hall–Kier alpha value is -3.69. The van der Waals surface area contributed by atoms with Gasteiger partial charge in [0.05, 0.1) is 32.2 Å². The van der Waals surface area contributed by atoms with Crippen LogP contribution in [0, 0.1) is 11.3 Å². The molecule has 0 bridgehead atoms. The van der Waals surface area contributed by atoms with Crippen LogP contribution in [0.2, 0.25) is 0 Å².